The van der Waals surface area contributed by atoms with Gasteiger partial charge in [0.25, 0.3) is 0 Å². The maximum Gasteiger partial charge on any atom is 0.322 e. The fraction of sp³-hybridized carbons (Fsp3) is 0.304. The molecule has 0 saturated carbocycles. The topological polar surface area (TPSA) is 74.4 Å². The molecule has 0 unspecified atom stereocenters. The molecule has 3 aromatic rings. The molecule has 152 valence electrons. The van der Waals surface area contributed by atoms with Crippen LogP contribution in [0, 0.1) is 5.92 Å². The van der Waals surface area contributed by atoms with Crippen molar-refractivity contribution in [3.8, 4) is 5.75 Å². The van der Waals surface area contributed by atoms with Gasteiger partial charge in [-0.15, -0.1) is 0 Å². The molecule has 0 aliphatic rings. The number of nitrogens with one attached hydrogen (secondary N) is 2. The van der Waals surface area contributed by atoms with Crippen molar-refractivity contribution < 1.29 is 9.53 Å². The van der Waals surface area contributed by atoms with Gasteiger partial charge in [0.2, 0.25) is 5.56 Å². The number of benzene rings is 2. The lowest BCUT2D eigenvalue weighted by molar-refractivity contribution is 0.202. The van der Waals surface area contributed by atoms with Gasteiger partial charge in [-0.3, -0.25) is 4.79 Å². The van der Waals surface area contributed by atoms with Crippen LogP contribution in [0.5, 0.6) is 5.75 Å². The van der Waals surface area contributed by atoms with Gasteiger partial charge in [0.15, 0.2) is 0 Å². The fourth-order valence-electron chi connectivity index (χ4n) is 3.28. The van der Waals surface area contributed by atoms with E-state index in [0.717, 1.165) is 22.2 Å². The van der Waals surface area contributed by atoms with E-state index < -0.39 is 0 Å². The molecule has 0 bridgehead atoms. The van der Waals surface area contributed by atoms with Crippen molar-refractivity contribution in [1.29, 1.82) is 0 Å². The van der Waals surface area contributed by atoms with E-state index >= 15 is 0 Å². The van der Waals surface area contributed by atoms with Crippen LogP contribution in [0.1, 0.15) is 26.3 Å². The molecule has 2 amide bonds. The first kappa shape index (κ1) is 20.5. The van der Waals surface area contributed by atoms with Crippen LogP contribution in [0.2, 0.25) is 0 Å². The molecule has 0 saturated heterocycles. The number of carbonyl (C=O) groups excluding carboxylic acids is 1. The number of fused-ring (bicyclic) bond motifs is 1. The number of carbonyl (C=O) groups is 1. The molecular formula is C23H27N3O3. The number of anilines is 1. The third kappa shape index (κ3) is 5.38. The number of rotatable bonds is 7. The van der Waals surface area contributed by atoms with Crippen molar-refractivity contribution in [2.45, 2.75) is 27.3 Å². The number of H-pyrrole nitrogens is 1. The summed E-state index contributed by atoms with van der Waals surface area (Å²) in [5.41, 5.74) is 2.12. The Hall–Kier alpha value is -3.28. The molecule has 0 radical (unpaired) electrons. The largest absolute Gasteiger partial charge is 0.494 e. The first-order chi connectivity index (χ1) is 14.0. The second-order valence-corrected chi connectivity index (χ2v) is 7.37. The van der Waals surface area contributed by atoms with E-state index in [0.29, 0.717) is 25.4 Å². The third-order valence-corrected chi connectivity index (χ3v) is 4.49. The van der Waals surface area contributed by atoms with Gasteiger partial charge < -0.3 is 19.9 Å². The van der Waals surface area contributed by atoms with Crippen molar-refractivity contribution in [1.82, 2.24) is 9.88 Å². The molecule has 0 spiro atoms. The lowest BCUT2D eigenvalue weighted by atomic mass is 10.1. The molecule has 29 heavy (non-hydrogen) atoms. The van der Waals surface area contributed by atoms with Crippen molar-refractivity contribution >= 4 is 22.6 Å². The van der Waals surface area contributed by atoms with Gasteiger partial charge >= 0.3 is 6.03 Å². The van der Waals surface area contributed by atoms with Crippen LogP contribution in [0.25, 0.3) is 10.9 Å². The molecule has 1 aromatic heterocycles. The number of hydrogen-bond acceptors (Lipinski definition) is 3. The van der Waals surface area contributed by atoms with Crippen LogP contribution < -0.4 is 15.6 Å². The summed E-state index contributed by atoms with van der Waals surface area (Å²) < 4.78 is 5.44. The Labute approximate surface area is 170 Å². The number of para-hydroxylation sites is 1. The minimum absolute atomic E-state index is 0.171. The zero-order valence-corrected chi connectivity index (χ0v) is 17.1. The smallest absolute Gasteiger partial charge is 0.322 e. The third-order valence-electron chi connectivity index (χ3n) is 4.49. The zero-order chi connectivity index (χ0) is 20.8. The zero-order valence-electron chi connectivity index (χ0n) is 17.1. The van der Waals surface area contributed by atoms with Gasteiger partial charge in [0, 0.05) is 35.7 Å². The normalized spacial score (nSPS) is 10.9. The molecule has 2 aromatic carbocycles. The predicted molar refractivity (Wildman–Crippen MR) is 116 cm³/mol. The van der Waals surface area contributed by atoms with Crippen LogP contribution in [-0.4, -0.2) is 29.1 Å². The fourth-order valence-corrected chi connectivity index (χ4v) is 3.28. The average Bonchev–Trinajstić information content (AvgIpc) is 2.68. The first-order valence-corrected chi connectivity index (χ1v) is 9.86. The maximum atomic E-state index is 13.0. The van der Waals surface area contributed by atoms with Crippen molar-refractivity contribution in [2.75, 3.05) is 18.5 Å². The SMILES string of the molecule is CCOc1ccc(NC(=O)N(Cc2cc(=O)[nH]c3ccccc23)CC(C)C)cc1. The summed E-state index contributed by atoms with van der Waals surface area (Å²) in [6.45, 7) is 7.57. The average molecular weight is 393 g/mol. The molecule has 0 atom stereocenters. The van der Waals surface area contributed by atoms with Crippen LogP contribution in [-0.2, 0) is 6.54 Å². The molecule has 0 aliphatic carbocycles. The number of pyridine rings is 1. The number of ether oxygens (including phenoxy) is 1. The van der Waals surface area contributed by atoms with Crippen LogP contribution in [0.3, 0.4) is 0 Å². The van der Waals surface area contributed by atoms with Gasteiger partial charge in [-0.2, -0.15) is 0 Å². The second-order valence-electron chi connectivity index (χ2n) is 7.37. The minimum atomic E-state index is -0.202. The highest BCUT2D eigenvalue weighted by Crippen LogP contribution is 2.19. The Kier molecular flexibility index (Phi) is 6.54. The summed E-state index contributed by atoms with van der Waals surface area (Å²) in [5.74, 6) is 1.05. The predicted octanol–water partition coefficient (Wildman–Crippen LogP) is 4.62. The summed E-state index contributed by atoms with van der Waals surface area (Å²) in [7, 11) is 0. The maximum absolute atomic E-state index is 13.0. The monoisotopic (exact) mass is 393 g/mol. The number of aromatic amines is 1. The highest BCUT2D eigenvalue weighted by atomic mass is 16.5. The number of amides is 2. The Balaban J connectivity index is 1.82. The van der Waals surface area contributed by atoms with Gasteiger partial charge in [0.1, 0.15) is 5.75 Å². The molecule has 2 N–H and O–H groups in total. The standard InChI is InChI=1S/C23H27N3O3/c1-4-29-19-11-9-18(10-12-19)24-23(28)26(14-16(2)3)15-17-13-22(27)25-21-8-6-5-7-20(17)21/h5-13,16H,4,14-15H2,1-3H3,(H,24,28)(H,25,27). The highest BCUT2D eigenvalue weighted by Gasteiger charge is 2.17. The Bertz CT molecular complexity index is 1030. The van der Waals surface area contributed by atoms with E-state index in [2.05, 4.69) is 24.1 Å². The van der Waals surface area contributed by atoms with Gasteiger partial charge in [-0.05, 0) is 48.7 Å². The molecule has 6 nitrogen and oxygen atoms in total. The summed E-state index contributed by atoms with van der Waals surface area (Å²) >= 11 is 0. The van der Waals surface area contributed by atoms with Crippen molar-refractivity contribution in [3.05, 3.63) is 70.5 Å². The van der Waals surface area contributed by atoms with Gasteiger partial charge in [-0.1, -0.05) is 32.0 Å². The van der Waals surface area contributed by atoms with E-state index in [4.69, 9.17) is 4.74 Å². The Morgan fingerprint density at radius 2 is 1.86 bits per heavy atom. The molecule has 0 fully saturated rings. The Morgan fingerprint density at radius 1 is 1.14 bits per heavy atom. The van der Waals surface area contributed by atoms with Crippen molar-refractivity contribution in [2.24, 2.45) is 5.92 Å². The van der Waals surface area contributed by atoms with E-state index in [9.17, 15) is 9.59 Å². The summed E-state index contributed by atoms with van der Waals surface area (Å²) in [6, 6.07) is 16.3. The van der Waals surface area contributed by atoms with E-state index in [1.165, 1.54) is 0 Å². The van der Waals surface area contributed by atoms with E-state index in [-0.39, 0.29) is 17.5 Å². The molecule has 1 heterocycles. The number of nitrogens with zero attached hydrogens (tertiary/aromatic N) is 1. The number of hydrogen-bond donors (Lipinski definition) is 2. The summed E-state index contributed by atoms with van der Waals surface area (Å²) in [4.78, 5) is 29.6. The summed E-state index contributed by atoms with van der Waals surface area (Å²) in [6.07, 6.45) is 0. The molecule has 3 rings (SSSR count). The van der Waals surface area contributed by atoms with Gasteiger partial charge in [0.05, 0.1) is 6.61 Å². The quantitative estimate of drug-likeness (QED) is 0.615. The van der Waals surface area contributed by atoms with Gasteiger partial charge in [-0.25, -0.2) is 4.79 Å². The molecular weight excluding hydrogens is 366 g/mol. The molecule has 6 heteroatoms. The lowest BCUT2D eigenvalue weighted by Crippen LogP contribution is -2.37. The minimum Gasteiger partial charge on any atom is -0.494 e. The number of aromatic nitrogens is 1. The lowest BCUT2D eigenvalue weighted by Gasteiger charge is -2.25. The molecule has 0 aliphatic heterocycles. The Morgan fingerprint density at radius 3 is 2.55 bits per heavy atom. The highest BCUT2D eigenvalue weighted by molar-refractivity contribution is 5.90. The first-order valence-electron chi connectivity index (χ1n) is 9.86. The van der Waals surface area contributed by atoms with E-state index in [1.807, 2.05) is 55.5 Å². The van der Waals surface area contributed by atoms with E-state index in [1.54, 1.807) is 11.0 Å². The summed E-state index contributed by atoms with van der Waals surface area (Å²) in [5, 5.41) is 3.88. The number of urea groups is 1. The van der Waals surface area contributed by atoms with Crippen LogP contribution in [0.15, 0.2) is 59.4 Å². The van der Waals surface area contributed by atoms with Crippen LogP contribution >= 0.6 is 0 Å². The van der Waals surface area contributed by atoms with Crippen molar-refractivity contribution in [3.63, 3.8) is 0 Å². The van der Waals surface area contributed by atoms with Crippen LogP contribution in [0.4, 0.5) is 10.5 Å². The second kappa shape index (κ2) is 9.28.